The number of carbonyl (C=O) groups excluding carboxylic acids is 20. The molecular weight excluding hydrogens is 2010 g/mol. The van der Waals surface area contributed by atoms with Crippen LogP contribution in [0.4, 0.5) is 0 Å². The molecule has 2 unspecified atom stereocenters. The van der Waals surface area contributed by atoms with Gasteiger partial charge in [0.15, 0.2) is 95.0 Å². The highest BCUT2D eigenvalue weighted by molar-refractivity contribution is 8.15. The van der Waals surface area contributed by atoms with Gasteiger partial charge in [-0.2, -0.15) is 38.0 Å². The summed E-state index contributed by atoms with van der Waals surface area (Å²) in [5, 5.41) is 4.20. The lowest BCUT2D eigenvalue weighted by Crippen LogP contribution is -2.41. The van der Waals surface area contributed by atoms with E-state index in [1.165, 1.54) is 36.0 Å². The van der Waals surface area contributed by atoms with Crippen LogP contribution in [0, 0.1) is 0 Å². The number of ether oxygens (including phenoxy) is 3. The van der Waals surface area contributed by atoms with E-state index in [2.05, 4.69) is 62.3 Å². The minimum absolute atomic E-state index is 0. The molecule has 0 bridgehead atoms. The maximum Gasteiger partial charge on any atom is 0.313 e. The molecule has 744 valence electrons. The van der Waals surface area contributed by atoms with Crippen LogP contribution in [0.5, 0.6) is 0 Å². The Morgan fingerprint density at radius 1 is 0.391 bits per heavy atom. The minimum Gasteiger partial charge on any atom is -0.493 e. The smallest absolute Gasteiger partial charge is 0.313 e. The number of sulfone groups is 2. The lowest BCUT2D eigenvalue weighted by molar-refractivity contribution is -0.138. The van der Waals surface area contributed by atoms with Crippen LogP contribution in [0.1, 0.15) is 117 Å². The van der Waals surface area contributed by atoms with Crippen LogP contribution < -0.4 is 33.1 Å². The van der Waals surface area contributed by atoms with Gasteiger partial charge in [-0.1, -0.05) is 38.9 Å². The van der Waals surface area contributed by atoms with Crippen molar-refractivity contribution in [3.63, 3.8) is 0 Å². The van der Waals surface area contributed by atoms with Gasteiger partial charge < -0.3 is 14.2 Å². The summed E-state index contributed by atoms with van der Waals surface area (Å²) in [6.07, 6.45) is 17.0. The summed E-state index contributed by atoms with van der Waals surface area (Å²) in [6, 6.07) is 0. The molecule has 0 spiro atoms. The van der Waals surface area contributed by atoms with Crippen LogP contribution in [-0.2, 0) is 202 Å². The highest BCUT2D eigenvalue weighted by Crippen LogP contribution is 2.16. The van der Waals surface area contributed by atoms with Crippen molar-refractivity contribution in [2.75, 3.05) is 127 Å². The van der Waals surface area contributed by atoms with Gasteiger partial charge in [0.25, 0.3) is 20.4 Å². The van der Waals surface area contributed by atoms with Gasteiger partial charge in [0.2, 0.25) is 30.1 Å². The highest BCUT2D eigenvalue weighted by Gasteiger charge is 2.28. The highest BCUT2D eigenvalue weighted by atomic mass is 32.2. The molecule has 0 radical (unpaired) electrons. The predicted octanol–water partition coefficient (Wildman–Crippen LogP) is -3.10. The first-order valence-electron chi connectivity index (χ1n) is 38.4. The molecule has 2 saturated carbocycles. The number of cyclic esters (lactones) is 1. The number of sulfonamides is 3. The molecule has 46 nitrogen and oxygen atoms in total. The third kappa shape index (κ3) is 68.7. The fraction of sp³-hybridized carbons (Fsp3) is 0.520. The van der Waals surface area contributed by atoms with E-state index in [0.29, 0.717) is 130 Å². The molecule has 58 heteroatoms. The number of ketones is 18. The fourth-order valence-electron chi connectivity index (χ4n) is 9.27. The van der Waals surface area contributed by atoms with Gasteiger partial charge in [0.05, 0.1) is 103 Å². The van der Waals surface area contributed by atoms with E-state index >= 15 is 0 Å². The van der Waals surface area contributed by atoms with Gasteiger partial charge >= 0.3 is 5.97 Å². The van der Waals surface area contributed by atoms with E-state index in [1.807, 2.05) is 5.41 Å². The average molecular weight is 2110 g/mol. The van der Waals surface area contributed by atoms with E-state index < -0.39 is 97.7 Å². The summed E-state index contributed by atoms with van der Waals surface area (Å²) in [7, 11) is -23.7. The van der Waals surface area contributed by atoms with Gasteiger partial charge in [-0.3, -0.25) is 118 Å². The van der Waals surface area contributed by atoms with Crippen LogP contribution >= 0.6 is 35.3 Å². The number of thioether (sulfide) groups is 3. The Morgan fingerprint density at radius 2 is 0.932 bits per heavy atom. The number of nitrogens with one attached hydrogen (secondary N) is 7. The monoisotopic (exact) mass is 2110 g/mol. The van der Waals surface area contributed by atoms with Gasteiger partial charge in [0.1, 0.15) is 83.1 Å². The number of hydrogen-bond acceptors (Lipinski definition) is 42. The first-order chi connectivity index (χ1) is 61.3. The molecule has 11 saturated heterocycles. The first-order valence-corrected chi connectivity index (χ1v) is 56.0. The molecular formula is C75H103N7O39S12. The first kappa shape index (κ1) is 124. The molecule has 0 aromatic heterocycles. The minimum atomic E-state index is -3.23. The molecule has 0 aromatic rings. The number of hydrogen-bond donors (Lipinski definition) is 7. The topological polar surface area (TPSA) is 726 Å². The van der Waals surface area contributed by atoms with E-state index in [9.17, 15) is 163 Å². The molecule has 13 fully saturated rings. The summed E-state index contributed by atoms with van der Waals surface area (Å²) in [5.74, 6) is 2.88. The third-order valence-electron chi connectivity index (χ3n) is 15.5. The molecule has 0 aromatic carbocycles. The number of carbonyl (C=O) groups is 20. The summed E-state index contributed by atoms with van der Waals surface area (Å²) in [4.78, 5) is 204. The van der Waals surface area contributed by atoms with Crippen LogP contribution in [0.3, 0.4) is 0 Å². The Labute approximate surface area is 786 Å². The van der Waals surface area contributed by atoms with Crippen molar-refractivity contribution < 1.29 is 177 Å². The summed E-state index contributed by atoms with van der Waals surface area (Å²) < 4.78 is 196. The Bertz CT molecular complexity index is 4830. The number of allylic oxidation sites excluding steroid dienone is 6. The maximum atomic E-state index is 10.7. The second-order valence-corrected chi connectivity index (χ2v) is 46.4. The second kappa shape index (κ2) is 64.2. The van der Waals surface area contributed by atoms with E-state index in [4.69, 9.17) is 4.74 Å². The Kier molecular flexibility index (Phi) is 59.9. The number of esters is 1. The second-order valence-electron chi connectivity index (χ2n) is 27.9. The Balaban J connectivity index is 0.00000139. The molecule has 133 heavy (non-hydrogen) atoms. The van der Waals surface area contributed by atoms with Crippen LogP contribution in [0.2, 0.25) is 0 Å². The van der Waals surface area contributed by atoms with Crippen molar-refractivity contribution >= 4 is 242 Å². The summed E-state index contributed by atoms with van der Waals surface area (Å²) in [6.45, 7) is 12.5. The van der Waals surface area contributed by atoms with Gasteiger partial charge in [-0.15, -0.1) is 11.8 Å². The van der Waals surface area contributed by atoms with E-state index in [1.54, 1.807) is 29.6 Å². The third-order valence-corrected chi connectivity index (χ3v) is 29.7. The quantitative estimate of drug-likeness (QED) is 0.0933. The lowest BCUT2D eigenvalue weighted by Gasteiger charge is -2.16. The zero-order chi connectivity index (χ0) is 100. The largest absolute Gasteiger partial charge is 0.493 e. The van der Waals surface area contributed by atoms with Crippen molar-refractivity contribution in [2.24, 2.45) is 0 Å². The van der Waals surface area contributed by atoms with Gasteiger partial charge in [0, 0.05) is 134 Å². The Hall–Kier alpha value is -8.88. The van der Waals surface area contributed by atoms with Crippen LogP contribution in [-0.4, -0.2) is 310 Å². The molecule has 15 heterocycles. The molecule has 7 N–H and O–H groups in total. The van der Waals surface area contributed by atoms with Crippen molar-refractivity contribution in [1.29, 1.82) is 0 Å². The zero-order valence-corrected chi connectivity index (χ0v) is 80.4. The SMILES string of the molecule is C.C=C1CCCS(=O)(=O)N1.C=C1CCNS(=O)(=O)N1.C=C1CCNS(=O)(=O)N1.O=C1C=CC(=O)C1.O=C1C=COC1.O=C1C=CS(=O)(=O)C1.O=C1C=CS(=O)C1.O=C1C=CSC1.O=C1CCC(=O)C1.O=C1CCC(=O)C1.O=C1CCOC1.O=C1CCS(=O)(=O)C1.O=C1CCS(=O)C1.O=C1CCSC1.O=C1CNS(=O)(=O)C1.O=C1CNS(=O)(=O)C1.O=C1COC(=O)C1.O=C1CSC(=O)C1. The summed E-state index contributed by atoms with van der Waals surface area (Å²) >= 11 is 4.40. The molecule has 18 aliphatic rings. The molecule has 3 aliphatic carbocycles. The van der Waals surface area contributed by atoms with Crippen molar-refractivity contribution in [3.8, 4) is 0 Å². The summed E-state index contributed by atoms with van der Waals surface area (Å²) in [5.41, 5.74) is 1.71. The van der Waals surface area contributed by atoms with E-state index in [0.717, 1.165) is 47.6 Å². The normalized spacial score (nSPS) is 23.6. The van der Waals surface area contributed by atoms with Crippen LogP contribution in [0.15, 0.2) is 95.8 Å². The standard InChI is InChI=1S/C5H9NO2S.2C5H6O2.C5H4O2.2C4H8N2O2S.C4H6O3S.C4H4O3S.C4H4O3.C4H4O2S.C4H6O2S.C4H4O2S.C4H6O2.C4H4O2.C4H6OS.C4H4OS.2C3H5NO3S.CH4/c1-5-3-2-4-9(7,8)6-5;3*6-4-1-2-5(7)3-4;2*1-4-2-3-5-9(7,8)6-4;2*5-4-1-2-8(6,7)3-4;2*5-3-1-4(6)7-2-3;2*5-4-1-2-7(6)3-4;4*5-4-1-2-6-3-4;2*5-3-1-4-8(6,7)2-3;/h6H,1-4H2;2*1-3H2;1-2H,3H2;2*5-6H,1-3H2;1-3H2;1-2H,3H2;2*1-2H2;1-3H2;1-2H,3H2;1-3H2;1-2H,3H2;1-3H2;1-2H,3H2;2*4H,1-2H2;1H4. The number of rotatable bonds is 0. The molecule has 18 rings (SSSR count). The predicted molar refractivity (Wildman–Crippen MR) is 487 cm³/mol. The van der Waals surface area contributed by atoms with Gasteiger partial charge in [-0.05, 0) is 48.6 Å². The number of Topliss-reactive ketones (excluding diaryl/α,β-unsaturated/α-hetero) is 12. The Morgan fingerprint density at radius 3 is 1.08 bits per heavy atom. The molecule has 15 aliphatic heterocycles. The van der Waals surface area contributed by atoms with Crippen molar-refractivity contribution in [3.05, 3.63) is 95.8 Å². The fourth-order valence-corrected chi connectivity index (χ4v) is 20.6. The van der Waals surface area contributed by atoms with E-state index in [-0.39, 0.29) is 216 Å². The van der Waals surface area contributed by atoms with Crippen molar-refractivity contribution in [1.82, 2.24) is 33.1 Å². The average Bonchev–Trinajstić information content (AvgIpc) is 1.70. The zero-order valence-electron chi connectivity index (χ0n) is 70.6. The maximum absolute atomic E-state index is 10.7. The van der Waals surface area contributed by atoms with Gasteiger partial charge in [-0.25, -0.2) is 51.5 Å². The van der Waals surface area contributed by atoms with Crippen molar-refractivity contribution in [2.45, 2.75) is 117 Å². The van der Waals surface area contributed by atoms with Crippen LogP contribution in [0.25, 0.3) is 0 Å². The molecule has 2 atom stereocenters. The molecule has 0 amide bonds. The lowest BCUT2D eigenvalue weighted by atomic mass is 10.3.